The molecular weight excluding hydrogens is 296 g/mol. The fraction of sp³-hybridized carbons (Fsp3) is 0.647. The van der Waals surface area contributed by atoms with Crippen LogP contribution in [0.25, 0.3) is 0 Å². The molecule has 1 heterocycles. The van der Waals surface area contributed by atoms with Crippen molar-refractivity contribution in [1.82, 2.24) is 4.98 Å². The van der Waals surface area contributed by atoms with Crippen LogP contribution in [0.3, 0.4) is 0 Å². The van der Waals surface area contributed by atoms with Crippen LogP contribution in [0.15, 0.2) is 18.3 Å². The van der Waals surface area contributed by atoms with Crippen molar-refractivity contribution in [3.8, 4) is 5.88 Å². The highest BCUT2D eigenvalue weighted by Gasteiger charge is 2.32. The normalized spacial score (nSPS) is 13.4. The monoisotopic (exact) mass is 324 g/mol. The van der Waals surface area contributed by atoms with Gasteiger partial charge in [-0.25, -0.2) is 4.98 Å². The number of carbonyl (C=O) groups excluding carboxylic acids is 1. The van der Waals surface area contributed by atoms with Crippen LogP contribution in [0, 0.1) is 0 Å². The molecule has 1 atom stereocenters. The molecule has 1 amide bonds. The molecular formula is C17H28N2O4. The van der Waals surface area contributed by atoms with Gasteiger partial charge in [0.2, 0.25) is 5.88 Å². The van der Waals surface area contributed by atoms with Gasteiger partial charge in [0.05, 0.1) is 18.5 Å². The maximum atomic E-state index is 12.4. The van der Waals surface area contributed by atoms with E-state index >= 15 is 0 Å². The highest BCUT2D eigenvalue weighted by molar-refractivity contribution is 5.96. The van der Waals surface area contributed by atoms with Gasteiger partial charge >= 0.3 is 0 Å². The number of hydrogen-bond donors (Lipinski definition) is 1. The highest BCUT2D eigenvalue weighted by atomic mass is 16.5. The average Bonchev–Trinajstić information content (AvgIpc) is 2.58. The van der Waals surface area contributed by atoms with Crippen LogP contribution in [-0.2, 0) is 14.3 Å². The lowest BCUT2D eigenvalue weighted by atomic mass is 10.0. The topological polar surface area (TPSA) is 69.7 Å². The van der Waals surface area contributed by atoms with Gasteiger partial charge in [0.1, 0.15) is 12.2 Å². The first-order valence-electron chi connectivity index (χ1n) is 8.17. The van der Waals surface area contributed by atoms with E-state index in [0.717, 1.165) is 6.42 Å². The minimum Gasteiger partial charge on any atom is -0.475 e. The van der Waals surface area contributed by atoms with E-state index < -0.39 is 5.60 Å². The third kappa shape index (κ3) is 6.54. The van der Waals surface area contributed by atoms with Crippen molar-refractivity contribution in [2.45, 2.75) is 46.1 Å². The van der Waals surface area contributed by atoms with Crippen LogP contribution in [-0.4, -0.2) is 42.9 Å². The van der Waals surface area contributed by atoms with E-state index in [-0.39, 0.29) is 5.91 Å². The first-order chi connectivity index (χ1) is 11.1. The largest absolute Gasteiger partial charge is 0.475 e. The lowest BCUT2D eigenvalue weighted by Gasteiger charge is -2.27. The molecule has 130 valence electrons. The molecule has 0 aliphatic heterocycles. The zero-order valence-corrected chi connectivity index (χ0v) is 14.6. The number of nitrogens with zero attached hydrogens (tertiary/aromatic N) is 1. The molecule has 1 aromatic heterocycles. The standard InChI is InChI=1S/C17H28N2O4/c1-5-10-23-17(4,6-2)16(20)19-14-8-9-15(18-13-14)22-12-11-21-7-3/h8-9,13H,5-7,10-12H2,1-4H3,(H,19,20)/t17-/m1/s1. The molecule has 6 nitrogen and oxygen atoms in total. The van der Waals surface area contributed by atoms with Crippen molar-refractivity contribution in [2.75, 3.05) is 31.7 Å². The summed E-state index contributed by atoms with van der Waals surface area (Å²) in [6.07, 6.45) is 3.05. The highest BCUT2D eigenvalue weighted by Crippen LogP contribution is 2.19. The third-order valence-electron chi connectivity index (χ3n) is 3.46. The summed E-state index contributed by atoms with van der Waals surface area (Å²) in [4.78, 5) is 16.6. The summed E-state index contributed by atoms with van der Waals surface area (Å²) < 4.78 is 16.3. The Morgan fingerprint density at radius 2 is 2.00 bits per heavy atom. The van der Waals surface area contributed by atoms with Crippen LogP contribution >= 0.6 is 0 Å². The number of nitrogens with one attached hydrogen (secondary N) is 1. The maximum Gasteiger partial charge on any atom is 0.256 e. The Labute approximate surface area is 138 Å². The Balaban J connectivity index is 2.54. The number of pyridine rings is 1. The Kier molecular flexibility index (Phi) is 8.58. The summed E-state index contributed by atoms with van der Waals surface area (Å²) in [6, 6.07) is 3.48. The van der Waals surface area contributed by atoms with Crippen molar-refractivity contribution in [3.05, 3.63) is 18.3 Å². The minimum absolute atomic E-state index is 0.166. The Morgan fingerprint density at radius 1 is 1.22 bits per heavy atom. The van der Waals surface area contributed by atoms with E-state index in [2.05, 4.69) is 10.3 Å². The van der Waals surface area contributed by atoms with E-state index in [0.29, 0.717) is 44.4 Å². The molecule has 0 radical (unpaired) electrons. The zero-order chi connectivity index (χ0) is 17.1. The lowest BCUT2D eigenvalue weighted by molar-refractivity contribution is -0.139. The third-order valence-corrected chi connectivity index (χ3v) is 3.46. The van der Waals surface area contributed by atoms with E-state index in [1.54, 1.807) is 25.3 Å². The molecule has 0 aliphatic carbocycles. The molecule has 0 aromatic carbocycles. The summed E-state index contributed by atoms with van der Waals surface area (Å²) in [7, 11) is 0. The second-order valence-electron chi connectivity index (χ2n) is 5.32. The van der Waals surface area contributed by atoms with Gasteiger partial charge in [-0.15, -0.1) is 0 Å². The molecule has 0 bridgehead atoms. The number of hydrogen-bond acceptors (Lipinski definition) is 5. The van der Waals surface area contributed by atoms with Crippen molar-refractivity contribution < 1.29 is 19.0 Å². The minimum atomic E-state index is -0.831. The fourth-order valence-corrected chi connectivity index (χ4v) is 1.81. The van der Waals surface area contributed by atoms with E-state index in [1.165, 1.54) is 0 Å². The summed E-state index contributed by atoms with van der Waals surface area (Å²) in [5, 5.41) is 2.84. The van der Waals surface area contributed by atoms with Crippen LogP contribution in [0.4, 0.5) is 5.69 Å². The molecule has 1 aromatic rings. The van der Waals surface area contributed by atoms with Gasteiger partial charge in [0.25, 0.3) is 5.91 Å². The predicted molar refractivity (Wildman–Crippen MR) is 89.8 cm³/mol. The lowest BCUT2D eigenvalue weighted by Crippen LogP contribution is -2.42. The van der Waals surface area contributed by atoms with Gasteiger partial charge in [-0.1, -0.05) is 13.8 Å². The van der Waals surface area contributed by atoms with Crippen LogP contribution < -0.4 is 10.1 Å². The molecule has 0 unspecified atom stereocenters. The summed E-state index contributed by atoms with van der Waals surface area (Å²) in [5.41, 5.74) is -0.213. The second kappa shape index (κ2) is 10.2. The first kappa shape index (κ1) is 19.4. The van der Waals surface area contributed by atoms with E-state index in [9.17, 15) is 4.79 Å². The molecule has 1 rings (SSSR count). The van der Waals surface area contributed by atoms with Crippen LogP contribution in [0.5, 0.6) is 5.88 Å². The molecule has 6 heteroatoms. The first-order valence-corrected chi connectivity index (χ1v) is 8.17. The number of anilines is 1. The smallest absolute Gasteiger partial charge is 0.256 e. The second-order valence-corrected chi connectivity index (χ2v) is 5.32. The number of carbonyl (C=O) groups is 1. The quantitative estimate of drug-likeness (QED) is 0.634. The van der Waals surface area contributed by atoms with Crippen molar-refractivity contribution in [1.29, 1.82) is 0 Å². The molecule has 1 N–H and O–H groups in total. The summed E-state index contributed by atoms with van der Waals surface area (Å²) >= 11 is 0. The SMILES string of the molecule is CCCO[C@](C)(CC)C(=O)Nc1ccc(OCCOCC)nc1. The number of amides is 1. The number of rotatable bonds is 11. The summed E-state index contributed by atoms with van der Waals surface area (Å²) in [5.74, 6) is 0.337. The number of aromatic nitrogens is 1. The van der Waals surface area contributed by atoms with Gasteiger partial charge < -0.3 is 19.5 Å². The molecule has 0 aliphatic rings. The Morgan fingerprint density at radius 3 is 2.57 bits per heavy atom. The van der Waals surface area contributed by atoms with Gasteiger partial charge in [0, 0.05) is 19.3 Å². The zero-order valence-electron chi connectivity index (χ0n) is 14.6. The predicted octanol–water partition coefficient (Wildman–Crippen LogP) is 3.03. The van der Waals surface area contributed by atoms with Gasteiger partial charge in [-0.05, 0) is 32.8 Å². The molecule has 0 saturated carbocycles. The maximum absolute atomic E-state index is 12.4. The van der Waals surface area contributed by atoms with Gasteiger partial charge in [-0.2, -0.15) is 0 Å². The molecule has 0 saturated heterocycles. The van der Waals surface area contributed by atoms with E-state index in [1.807, 2.05) is 20.8 Å². The Hall–Kier alpha value is -1.66. The van der Waals surface area contributed by atoms with Crippen molar-refractivity contribution in [3.63, 3.8) is 0 Å². The molecule has 23 heavy (non-hydrogen) atoms. The van der Waals surface area contributed by atoms with Crippen LogP contribution in [0.1, 0.15) is 40.5 Å². The fourth-order valence-electron chi connectivity index (χ4n) is 1.81. The van der Waals surface area contributed by atoms with E-state index in [4.69, 9.17) is 14.2 Å². The summed E-state index contributed by atoms with van der Waals surface area (Å²) in [6.45, 7) is 9.89. The van der Waals surface area contributed by atoms with Gasteiger partial charge in [-0.3, -0.25) is 4.79 Å². The molecule has 0 fully saturated rings. The molecule has 0 spiro atoms. The average molecular weight is 324 g/mol. The van der Waals surface area contributed by atoms with Gasteiger partial charge in [0.15, 0.2) is 0 Å². The van der Waals surface area contributed by atoms with Crippen LogP contribution in [0.2, 0.25) is 0 Å². The van der Waals surface area contributed by atoms with Crippen molar-refractivity contribution >= 4 is 11.6 Å². The Bertz CT molecular complexity index is 464. The van der Waals surface area contributed by atoms with Crippen molar-refractivity contribution in [2.24, 2.45) is 0 Å². The number of ether oxygens (including phenoxy) is 3.